The van der Waals surface area contributed by atoms with Crippen molar-refractivity contribution >= 4 is 11.8 Å². The minimum atomic E-state index is 0.544. The summed E-state index contributed by atoms with van der Waals surface area (Å²) >= 11 is 0. The summed E-state index contributed by atoms with van der Waals surface area (Å²) in [5.41, 5.74) is 2.51. The number of nitrogens with two attached hydrogens (primary N) is 1. The first kappa shape index (κ1) is 11.5. The Morgan fingerprint density at radius 1 is 1.67 bits per heavy atom. The standard InChI is InChI=1S/C9H18N6/c1-3-4-6-11-9(13-10)12-8-5-7-15(2)14-8/h5,7H,3-4,6,10H2,1-2H3,(H2,11,12,13,14). The molecule has 15 heavy (non-hydrogen) atoms. The van der Waals surface area contributed by atoms with Gasteiger partial charge < -0.3 is 5.32 Å². The highest BCUT2D eigenvalue weighted by atomic mass is 15.4. The molecular formula is C9H18N6. The molecule has 1 aromatic heterocycles. The van der Waals surface area contributed by atoms with Gasteiger partial charge in [0, 0.05) is 25.9 Å². The summed E-state index contributed by atoms with van der Waals surface area (Å²) in [5, 5.41) is 7.15. The fourth-order valence-corrected chi connectivity index (χ4v) is 1.07. The molecule has 0 bridgehead atoms. The first-order valence-corrected chi connectivity index (χ1v) is 5.04. The number of nitrogens with zero attached hydrogens (tertiary/aromatic N) is 3. The molecule has 4 N–H and O–H groups in total. The average Bonchev–Trinajstić information content (AvgIpc) is 2.63. The van der Waals surface area contributed by atoms with Crippen LogP contribution in [-0.4, -0.2) is 22.3 Å². The van der Waals surface area contributed by atoms with Gasteiger partial charge in [0.05, 0.1) is 0 Å². The third-order valence-electron chi connectivity index (χ3n) is 1.88. The van der Waals surface area contributed by atoms with Crippen LogP contribution < -0.4 is 16.6 Å². The third kappa shape index (κ3) is 3.99. The van der Waals surface area contributed by atoms with E-state index < -0.39 is 0 Å². The maximum absolute atomic E-state index is 5.33. The Balaban J connectivity index is 2.49. The molecule has 0 saturated carbocycles. The molecular weight excluding hydrogens is 192 g/mol. The number of aryl methyl sites for hydroxylation is 1. The van der Waals surface area contributed by atoms with Gasteiger partial charge in [-0.1, -0.05) is 13.3 Å². The van der Waals surface area contributed by atoms with Gasteiger partial charge in [-0.2, -0.15) is 5.10 Å². The predicted octanol–water partition coefficient (Wildman–Crippen LogP) is 0.451. The highest BCUT2D eigenvalue weighted by molar-refractivity contribution is 5.92. The molecule has 0 amide bonds. The minimum absolute atomic E-state index is 0.544. The Morgan fingerprint density at radius 2 is 2.47 bits per heavy atom. The molecule has 0 spiro atoms. The monoisotopic (exact) mass is 210 g/mol. The van der Waals surface area contributed by atoms with Crippen molar-refractivity contribution < 1.29 is 0 Å². The molecule has 1 aromatic rings. The van der Waals surface area contributed by atoms with E-state index in [2.05, 4.69) is 27.8 Å². The van der Waals surface area contributed by atoms with E-state index in [-0.39, 0.29) is 0 Å². The maximum atomic E-state index is 5.33. The summed E-state index contributed by atoms with van der Waals surface area (Å²) < 4.78 is 1.71. The second-order valence-corrected chi connectivity index (χ2v) is 3.23. The highest BCUT2D eigenvalue weighted by Gasteiger charge is 1.99. The van der Waals surface area contributed by atoms with E-state index in [1.807, 2.05) is 19.3 Å². The first-order valence-electron chi connectivity index (χ1n) is 5.04. The second kappa shape index (κ2) is 6.02. The molecule has 84 valence electrons. The van der Waals surface area contributed by atoms with Gasteiger partial charge in [0.15, 0.2) is 5.82 Å². The van der Waals surface area contributed by atoms with Crippen molar-refractivity contribution in [1.29, 1.82) is 0 Å². The van der Waals surface area contributed by atoms with Crippen molar-refractivity contribution in [2.75, 3.05) is 11.9 Å². The zero-order valence-electron chi connectivity index (χ0n) is 9.20. The molecule has 0 atom stereocenters. The molecule has 0 aliphatic rings. The number of rotatable bonds is 4. The fraction of sp³-hybridized carbons (Fsp3) is 0.556. The van der Waals surface area contributed by atoms with E-state index in [1.54, 1.807) is 4.68 Å². The van der Waals surface area contributed by atoms with Crippen molar-refractivity contribution in [2.45, 2.75) is 19.8 Å². The highest BCUT2D eigenvalue weighted by Crippen LogP contribution is 2.00. The molecule has 6 nitrogen and oxygen atoms in total. The van der Waals surface area contributed by atoms with E-state index in [9.17, 15) is 0 Å². The zero-order valence-corrected chi connectivity index (χ0v) is 9.20. The summed E-state index contributed by atoms with van der Waals surface area (Å²) in [4.78, 5) is 4.26. The van der Waals surface area contributed by atoms with Gasteiger partial charge in [-0.3, -0.25) is 15.1 Å². The van der Waals surface area contributed by atoms with Gasteiger partial charge in [-0.15, -0.1) is 0 Å². The van der Waals surface area contributed by atoms with Gasteiger partial charge in [-0.05, 0) is 6.42 Å². The summed E-state index contributed by atoms with van der Waals surface area (Å²) in [7, 11) is 1.86. The van der Waals surface area contributed by atoms with Crippen LogP contribution >= 0.6 is 0 Å². The fourth-order valence-electron chi connectivity index (χ4n) is 1.07. The van der Waals surface area contributed by atoms with Crippen molar-refractivity contribution in [3.05, 3.63) is 12.3 Å². The Kier molecular flexibility index (Phi) is 4.62. The molecule has 0 aliphatic carbocycles. The second-order valence-electron chi connectivity index (χ2n) is 3.23. The molecule has 1 rings (SSSR count). The lowest BCUT2D eigenvalue weighted by Crippen LogP contribution is -2.36. The zero-order chi connectivity index (χ0) is 11.1. The number of guanidine groups is 1. The van der Waals surface area contributed by atoms with Crippen LogP contribution in [0, 0.1) is 0 Å². The van der Waals surface area contributed by atoms with Gasteiger partial charge in [0.2, 0.25) is 5.96 Å². The lowest BCUT2D eigenvalue weighted by atomic mass is 10.3. The normalized spacial score (nSPS) is 11.5. The van der Waals surface area contributed by atoms with Gasteiger partial charge in [0.25, 0.3) is 0 Å². The van der Waals surface area contributed by atoms with E-state index in [0.717, 1.165) is 25.2 Å². The topological polar surface area (TPSA) is 80.3 Å². The van der Waals surface area contributed by atoms with Crippen LogP contribution in [-0.2, 0) is 7.05 Å². The van der Waals surface area contributed by atoms with Crippen LogP contribution in [0.3, 0.4) is 0 Å². The van der Waals surface area contributed by atoms with Gasteiger partial charge in [0.1, 0.15) is 0 Å². The number of anilines is 1. The minimum Gasteiger partial charge on any atom is -0.308 e. The number of unbranched alkanes of at least 4 members (excludes halogenated alkanes) is 1. The van der Waals surface area contributed by atoms with Gasteiger partial charge >= 0.3 is 0 Å². The van der Waals surface area contributed by atoms with Crippen molar-refractivity contribution in [3.8, 4) is 0 Å². The number of hydrogen-bond donors (Lipinski definition) is 3. The molecule has 0 saturated heterocycles. The Morgan fingerprint density at radius 3 is 3.00 bits per heavy atom. The smallest absolute Gasteiger partial charge is 0.211 e. The maximum Gasteiger partial charge on any atom is 0.211 e. The molecule has 6 heteroatoms. The Labute approximate surface area is 89.5 Å². The van der Waals surface area contributed by atoms with Crippen LogP contribution in [0.4, 0.5) is 5.82 Å². The number of nitrogens with one attached hydrogen (secondary N) is 2. The lowest BCUT2D eigenvalue weighted by molar-refractivity contribution is 0.770. The Bertz CT molecular complexity index is 316. The van der Waals surface area contributed by atoms with Crippen molar-refractivity contribution in [3.63, 3.8) is 0 Å². The SMILES string of the molecule is CCCCN=C(NN)Nc1ccn(C)n1. The van der Waals surface area contributed by atoms with Crippen LogP contribution in [0.15, 0.2) is 17.3 Å². The molecule has 0 fully saturated rings. The summed E-state index contributed by atoms with van der Waals surface area (Å²) in [6.07, 6.45) is 4.02. The average molecular weight is 210 g/mol. The van der Waals surface area contributed by atoms with Gasteiger partial charge in [-0.25, -0.2) is 5.84 Å². The molecule has 0 aromatic carbocycles. The Hall–Kier alpha value is -1.56. The molecule has 1 heterocycles. The van der Waals surface area contributed by atoms with Crippen LogP contribution in [0.1, 0.15) is 19.8 Å². The summed E-state index contributed by atoms with van der Waals surface area (Å²) in [6, 6.07) is 1.85. The number of aromatic nitrogens is 2. The van der Waals surface area contributed by atoms with Crippen LogP contribution in [0.5, 0.6) is 0 Å². The van der Waals surface area contributed by atoms with E-state index >= 15 is 0 Å². The third-order valence-corrected chi connectivity index (χ3v) is 1.88. The van der Waals surface area contributed by atoms with Crippen LogP contribution in [0.25, 0.3) is 0 Å². The van der Waals surface area contributed by atoms with E-state index in [4.69, 9.17) is 5.84 Å². The largest absolute Gasteiger partial charge is 0.308 e. The summed E-state index contributed by atoms with van der Waals surface area (Å²) in [6.45, 7) is 2.88. The summed E-state index contributed by atoms with van der Waals surface area (Å²) in [5.74, 6) is 6.60. The number of hydrogen-bond acceptors (Lipinski definition) is 3. The number of aliphatic imine (C=N–C) groups is 1. The molecule has 0 aliphatic heterocycles. The van der Waals surface area contributed by atoms with E-state index in [1.165, 1.54) is 0 Å². The lowest BCUT2D eigenvalue weighted by Gasteiger charge is -2.05. The molecule has 0 unspecified atom stereocenters. The van der Waals surface area contributed by atoms with E-state index in [0.29, 0.717) is 5.96 Å². The first-order chi connectivity index (χ1) is 7.26. The number of hydrazine groups is 1. The predicted molar refractivity (Wildman–Crippen MR) is 61.4 cm³/mol. The van der Waals surface area contributed by atoms with Crippen molar-refractivity contribution in [1.82, 2.24) is 15.2 Å². The van der Waals surface area contributed by atoms with Crippen molar-refractivity contribution in [2.24, 2.45) is 17.9 Å². The quantitative estimate of drug-likeness (QED) is 0.222. The molecule has 0 radical (unpaired) electrons. The van der Waals surface area contributed by atoms with Crippen LogP contribution in [0.2, 0.25) is 0 Å².